The van der Waals surface area contributed by atoms with Crippen LogP contribution in [-0.4, -0.2) is 13.1 Å². The van der Waals surface area contributed by atoms with Crippen LogP contribution in [0.4, 0.5) is 11.4 Å². The Kier molecular flexibility index (Phi) is 5.19. The minimum absolute atomic E-state index is 0.356. The largest absolute Gasteiger partial charge is 0.341 e. The van der Waals surface area contributed by atoms with E-state index in [0.29, 0.717) is 6.04 Å². The maximum absolute atomic E-state index is 3.51. The van der Waals surface area contributed by atoms with E-state index in [-0.39, 0.29) is 0 Å². The first-order chi connectivity index (χ1) is 9.77. The van der Waals surface area contributed by atoms with Crippen molar-refractivity contribution in [1.29, 1.82) is 0 Å². The summed E-state index contributed by atoms with van der Waals surface area (Å²) in [7, 11) is 0. The predicted octanol–water partition coefficient (Wildman–Crippen LogP) is 4.52. The summed E-state index contributed by atoms with van der Waals surface area (Å²) in [6.45, 7) is 8.50. The molecule has 1 N–H and O–H groups in total. The lowest BCUT2D eigenvalue weighted by Gasteiger charge is -2.28. The highest BCUT2D eigenvalue weighted by Gasteiger charge is 2.14. The minimum atomic E-state index is 0.356. The Morgan fingerprint density at radius 3 is 2.25 bits per heavy atom. The molecule has 2 aromatic carbocycles. The van der Waals surface area contributed by atoms with E-state index in [1.807, 2.05) is 0 Å². The van der Waals surface area contributed by atoms with E-state index in [9.17, 15) is 0 Å². The van der Waals surface area contributed by atoms with Crippen molar-refractivity contribution >= 4 is 11.4 Å². The van der Waals surface area contributed by atoms with Gasteiger partial charge in [-0.2, -0.15) is 0 Å². The summed E-state index contributed by atoms with van der Waals surface area (Å²) in [6.07, 6.45) is 0. The van der Waals surface area contributed by atoms with Crippen LogP contribution in [0.2, 0.25) is 0 Å². The van der Waals surface area contributed by atoms with E-state index in [4.69, 9.17) is 0 Å². The molecule has 20 heavy (non-hydrogen) atoms. The maximum Gasteiger partial charge on any atom is 0.0459 e. The van der Waals surface area contributed by atoms with Crippen molar-refractivity contribution in [3.05, 3.63) is 60.2 Å². The molecule has 0 aliphatic heterocycles. The monoisotopic (exact) mass is 268 g/mol. The van der Waals surface area contributed by atoms with Crippen LogP contribution in [0.1, 0.15) is 32.4 Å². The molecule has 2 aromatic rings. The van der Waals surface area contributed by atoms with Gasteiger partial charge in [0.15, 0.2) is 0 Å². The first-order valence-electron chi connectivity index (χ1n) is 7.42. The summed E-state index contributed by atoms with van der Waals surface area (Å²) in [5.41, 5.74) is 3.88. The number of hydrogen-bond donors (Lipinski definition) is 1. The van der Waals surface area contributed by atoms with E-state index in [1.54, 1.807) is 0 Å². The fourth-order valence-electron chi connectivity index (χ4n) is 2.62. The van der Waals surface area contributed by atoms with Crippen molar-refractivity contribution in [2.24, 2.45) is 0 Å². The molecular weight excluding hydrogens is 244 g/mol. The van der Waals surface area contributed by atoms with E-state index in [1.165, 1.54) is 16.9 Å². The van der Waals surface area contributed by atoms with E-state index >= 15 is 0 Å². The lowest BCUT2D eigenvalue weighted by atomic mass is 10.0. The summed E-state index contributed by atoms with van der Waals surface area (Å²) in [6, 6.07) is 19.6. The third kappa shape index (κ3) is 3.20. The van der Waals surface area contributed by atoms with Gasteiger partial charge in [-0.25, -0.2) is 0 Å². The first-order valence-corrected chi connectivity index (χ1v) is 7.42. The Morgan fingerprint density at radius 2 is 1.60 bits per heavy atom. The minimum Gasteiger partial charge on any atom is -0.341 e. The molecule has 0 radical (unpaired) electrons. The number of benzene rings is 2. The van der Waals surface area contributed by atoms with Crippen LogP contribution in [0.3, 0.4) is 0 Å². The van der Waals surface area contributed by atoms with Crippen LogP contribution in [0.25, 0.3) is 0 Å². The van der Waals surface area contributed by atoms with Crippen LogP contribution in [0.5, 0.6) is 0 Å². The zero-order valence-electron chi connectivity index (χ0n) is 12.6. The number of hydrogen-bond acceptors (Lipinski definition) is 2. The SMILES string of the molecule is CCNC(C)c1ccccc1N(CC)c1ccccc1. The lowest BCUT2D eigenvalue weighted by molar-refractivity contribution is 0.598. The highest BCUT2D eigenvalue weighted by atomic mass is 15.1. The number of para-hydroxylation sites is 2. The fraction of sp³-hybridized carbons (Fsp3) is 0.333. The van der Waals surface area contributed by atoms with Crippen LogP contribution in [-0.2, 0) is 0 Å². The third-order valence-electron chi connectivity index (χ3n) is 3.59. The molecule has 1 unspecified atom stereocenters. The first kappa shape index (κ1) is 14.6. The second-order valence-corrected chi connectivity index (χ2v) is 4.92. The molecule has 0 aliphatic rings. The Bertz CT molecular complexity index is 522. The molecular formula is C18H24N2. The van der Waals surface area contributed by atoms with Gasteiger partial charge >= 0.3 is 0 Å². The molecule has 2 nitrogen and oxygen atoms in total. The Labute approximate surface area is 122 Å². The topological polar surface area (TPSA) is 15.3 Å². The number of rotatable bonds is 6. The molecule has 0 heterocycles. The van der Waals surface area contributed by atoms with E-state index in [2.05, 4.69) is 85.6 Å². The highest BCUT2D eigenvalue weighted by Crippen LogP contribution is 2.31. The molecule has 106 valence electrons. The zero-order valence-corrected chi connectivity index (χ0v) is 12.6. The van der Waals surface area contributed by atoms with Gasteiger partial charge in [-0.05, 0) is 44.2 Å². The number of nitrogens with zero attached hydrogens (tertiary/aromatic N) is 1. The van der Waals surface area contributed by atoms with Crippen LogP contribution in [0, 0.1) is 0 Å². The standard InChI is InChI=1S/C18H24N2/c1-4-19-15(3)17-13-9-10-14-18(17)20(5-2)16-11-7-6-8-12-16/h6-15,19H,4-5H2,1-3H3. The van der Waals surface area contributed by atoms with Crippen molar-refractivity contribution in [2.45, 2.75) is 26.8 Å². The van der Waals surface area contributed by atoms with Crippen LogP contribution in [0.15, 0.2) is 54.6 Å². The molecule has 0 aromatic heterocycles. The molecule has 1 atom stereocenters. The van der Waals surface area contributed by atoms with Gasteiger partial charge < -0.3 is 10.2 Å². The van der Waals surface area contributed by atoms with Crippen molar-refractivity contribution in [3.63, 3.8) is 0 Å². The molecule has 0 fully saturated rings. The molecule has 0 saturated heterocycles. The summed E-state index contributed by atoms with van der Waals surface area (Å²) in [5, 5.41) is 3.51. The lowest BCUT2D eigenvalue weighted by Crippen LogP contribution is -2.23. The quantitative estimate of drug-likeness (QED) is 0.829. The number of nitrogens with one attached hydrogen (secondary N) is 1. The van der Waals surface area contributed by atoms with Crippen molar-refractivity contribution in [1.82, 2.24) is 5.32 Å². The third-order valence-corrected chi connectivity index (χ3v) is 3.59. The van der Waals surface area contributed by atoms with Crippen LogP contribution >= 0.6 is 0 Å². The summed E-state index contributed by atoms with van der Waals surface area (Å²) in [4.78, 5) is 2.36. The Hall–Kier alpha value is -1.80. The van der Waals surface area contributed by atoms with Gasteiger partial charge in [0.05, 0.1) is 0 Å². The van der Waals surface area contributed by atoms with Gasteiger partial charge in [0.1, 0.15) is 0 Å². The van der Waals surface area contributed by atoms with Gasteiger partial charge in [-0.1, -0.05) is 43.3 Å². The average molecular weight is 268 g/mol. The molecule has 0 bridgehead atoms. The van der Waals surface area contributed by atoms with Crippen molar-refractivity contribution in [2.75, 3.05) is 18.0 Å². The molecule has 0 aliphatic carbocycles. The summed E-state index contributed by atoms with van der Waals surface area (Å²) >= 11 is 0. The summed E-state index contributed by atoms with van der Waals surface area (Å²) in [5.74, 6) is 0. The van der Waals surface area contributed by atoms with E-state index < -0.39 is 0 Å². The number of anilines is 2. The van der Waals surface area contributed by atoms with E-state index in [0.717, 1.165) is 13.1 Å². The van der Waals surface area contributed by atoms with Gasteiger partial charge in [0, 0.05) is 24.0 Å². The average Bonchev–Trinajstić information content (AvgIpc) is 2.50. The normalized spacial score (nSPS) is 12.2. The molecule has 2 heteroatoms. The predicted molar refractivity (Wildman–Crippen MR) is 87.7 cm³/mol. The highest BCUT2D eigenvalue weighted by molar-refractivity contribution is 5.66. The fourth-order valence-corrected chi connectivity index (χ4v) is 2.62. The second-order valence-electron chi connectivity index (χ2n) is 4.92. The van der Waals surface area contributed by atoms with Gasteiger partial charge in [-0.15, -0.1) is 0 Å². The molecule has 0 saturated carbocycles. The maximum atomic E-state index is 3.51. The summed E-state index contributed by atoms with van der Waals surface area (Å²) < 4.78 is 0. The second kappa shape index (κ2) is 7.11. The molecule has 2 rings (SSSR count). The van der Waals surface area contributed by atoms with Crippen molar-refractivity contribution in [3.8, 4) is 0 Å². The molecule has 0 spiro atoms. The zero-order chi connectivity index (χ0) is 14.4. The molecule has 0 amide bonds. The van der Waals surface area contributed by atoms with Gasteiger partial charge in [0.25, 0.3) is 0 Å². The Morgan fingerprint density at radius 1 is 0.950 bits per heavy atom. The van der Waals surface area contributed by atoms with Gasteiger partial charge in [-0.3, -0.25) is 0 Å². The van der Waals surface area contributed by atoms with Crippen molar-refractivity contribution < 1.29 is 0 Å². The van der Waals surface area contributed by atoms with Gasteiger partial charge in [0.2, 0.25) is 0 Å². The smallest absolute Gasteiger partial charge is 0.0459 e. The van der Waals surface area contributed by atoms with Crippen LogP contribution < -0.4 is 10.2 Å². The Balaban J connectivity index is 2.40.